The molecule has 0 amide bonds. The summed E-state index contributed by atoms with van der Waals surface area (Å²) in [5.41, 5.74) is 0.779. The van der Waals surface area contributed by atoms with E-state index in [0.717, 1.165) is 18.5 Å². The Morgan fingerprint density at radius 2 is 2.10 bits per heavy atom. The summed E-state index contributed by atoms with van der Waals surface area (Å²) < 4.78 is 11.0. The van der Waals surface area contributed by atoms with Crippen molar-refractivity contribution in [2.24, 2.45) is 0 Å². The molecule has 2 N–H and O–H groups in total. The van der Waals surface area contributed by atoms with Crippen molar-refractivity contribution in [2.45, 2.75) is 44.3 Å². The summed E-state index contributed by atoms with van der Waals surface area (Å²) in [7, 11) is 1.61. The number of benzene rings is 1. The van der Waals surface area contributed by atoms with Crippen LogP contribution in [0.3, 0.4) is 0 Å². The molecule has 0 aliphatic heterocycles. The van der Waals surface area contributed by atoms with Crippen molar-refractivity contribution in [3.05, 3.63) is 23.2 Å². The molecule has 0 radical (unpaired) electrons. The second-order valence-electron chi connectivity index (χ2n) is 5.47. The first-order valence-electron chi connectivity index (χ1n) is 7.56. The number of halogens is 1. The summed E-state index contributed by atoms with van der Waals surface area (Å²) in [6.07, 6.45) is 5.77. The first kappa shape index (κ1) is 16.4. The molecule has 5 heteroatoms. The van der Waals surface area contributed by atoms with Gasteiger partial charge in [-0.05, 0) is 31.0 Å². The predicted octanol–water partition coefficient (Wildman–Crippen LogP) is 3.47. The van der Waals surface area contributed by atoms with Gasteiger partial charge in [-0.25, -0.2) is 0 Å². The molecule has 4 nitrogen and oxygen atoms in total. The minimum absolute atomic E-state index is 0.314. The SMILES string of the molecule is COc1ccc(Cl)cc1NCC(O)COC1CCCCC1. The lowest BCUT2D eigenvalue weighted by Gasteiger charge is -2.23. The van der Waals surface area contributed by atoms with Crippen molar-refractivity contribution < 1.29 is 14.6 Å². The van der Waals surface area contributed by atoms with Gasteiger partial charge in [0.1, 0.15) is 5.75 Å². The van der Waals surface area contributed by atoms with Crippen LogP contribution in [0.5, 0.6) is 5.75 Å². The van der Waals surface area contributed by atoms with Crippen LogP contribution in [0.2, 0.25) is 5.02 Å². The van der Waals surface area contributed by atoms with Crippen LogP contribution in [-0.2, 0) is 4.74 Å². The minimum atomic E-state index is -0.546. The van der Waals surface area contributed by atoms with E-state index in [2.05, 4.69) is 5.32 Å². The number of hydrogen-bond acceptors (Lipinski definition) is 4. The van der Waals surface area contributed by atoms with Crippen LogP contribution in [0.15, 0.2) is 18.2 Å². The molecule has 2 rings (SSSR count). The van der Waals surface area contributed by atoms with Crippen LogP contribution in [0.1, 0.15) is 32.1 Å². The third-order valence-corrected chi connectivity index (χ3v) is 4.00. The van der Waals surface area contributed by atoms with Crippen molar-refractivity contribution in [2.75, 3.05) is 25.6 Å². The molecule has 0 spiro atoms. The van der Waals surface area contributed by atoms with Gasteiger partial charge < -0.3 is 19.9 Å². The lowest BCUT2D eigenvalue weighted by molar-refractivity contribution is -0.0195. The number of nitrogens with one attached hydrogen (secondary N) is 1. The van der Waals surface area contributed by atoms with E-state index in [0.29, 0.717) is 30.0 Å². The Morgan fingerprint density at radius 1 is 1.33 bits per heavy atom. The average molecular weight is 314 g/mol. The lowest BCUT2D eigenvalue weighted by atomic mass is 9.98. The van der Waals surface area contributed by atoms with Crippen LogP contribution in [0.25, 0.3) is 0 Å². The van der Waals surface area contributed by atoms with E-state index in [9.17, 15) is 5.11 Å². The molecule has 1 aromatic carbocycles. The van der Waals surface area contributed by atoms with Gasteiger partial charge in [0.05, 0.1) is 31.6 Å². The zero-order chi connectivity index (χ0) is 15.1. The molecular weight excluding hydrogens is 290 g/mol. The second-order valence-corrected chi connectivity index (χ2v) is 5.91. The second kappa shape index (κ2) is 8.47. The summed E-state index contributed by atoms with van der Waals surface area (Å²) in [6.45, 7) is 0.768. The Bertz CT molecular complexity index is 436. The molecule has 1 unspecified atom stereocenters. The number of hydrogen-bond donors (Lipinski definition) is 2. The van der Waals surface area contributed by atoms with Gasteiger partial charge in [0.25, 0.3) is 0 Å². The topological polar surface area (TPSA) is 50.7 Å². The van der Waals surface area contributed by atoms with Crippen LogP contribution in [0.4, 0.5) is 5.69 Å². The van der Waals surface area contributed by atoms with Crippen molar-refractivity contribution in [1.82, 2.24) is 0 Å². The smallest absolute Gasteiger partial charge is 0.142 e. The fourth-order valence-electron chi connectivity index (χ4n) is 2.58. The highest BCUT2D eigenvalue weighted by molar-refractivity contribution is 6.30. The van der Waals surface area contributed by atoms with Gasteiger partial charge in [-0.15, -0.1) is 0 Å². The van der Waals surface area contributed by atoms with Crippen LogP contribution >= 0.6 is 11.6 Å². The molecule has 0 saturated heterocycles. The minimum Gasteiger partial charge on any atom is -0.495 e. The van der Waals surface area contributed by atoms with Crippen molar-refractivity contribution in [3.63, 3.8) is 0 Å². The molecule has 21 heavy (non-hydrogen) atoms. The maximum Gasteiger partial charge on any atom is 0.142 e. The van der Waals surface area contributed by atoms with Crippen LogP contribution in [0, 0.1) is 0 Å². The zero-order valence-electron chi connectivity index (χ0n) is 12.5. The highest BCUT2D eigenvalue weighted by atomic mass is 35.5. The number of aliphatic hydroxyl groups is 1. The highest BCUT2D eigenvalue weighted by Gasteiger charge is 2.15. The van der Waals surface area contributed by atoms with Gasteiger partial charge in [0.15, 0.2) is 0 Å². The van der Waals surface area contributed by atoms with Gasteiger partial charge in [-0.1, -0.05) is 30.9 Å². The van der Waals surface area contributed by atoms with Crippen LogP contribution in [-0.4, -0.2) is 37.6 Å². The Hall–Kier alpha value is -0.970. The number of methoxy groups -OCH3 is 1. The first-order valence-corrected chi connectivity index (χ1v) is 7.94. The molecule has 1 atom stereocenters. The Balaban J connectivity index is 1.75. The summed E-state index contributed by atoms with van der Waals surface area (Å²) in [4.78, 5) is 0. The number of rotatable bonds is 7. The van der Waals surface area contributed by atoms with Crippen molar-refractivity contribution in [1.29, 1.82) is 0 Å². The number of aliphatic hydroxyl groups excluding tert-OH is 1. The molecule has 1 aromatic rings. The van der Waals surface area contributed by atoms with E-state index in [1.807, 2.05) is 0 Å². The van der Waals surface area contributed by atoms with E-state index in [-0.39, 0.29) is 0 Å². The summed E-state index contributed by atoms with van der Waals surface area (Å²) in [5, 5.41) is 13.8. The Kier molecular flexibility index (Phi) is 6.61. The lowest BCUT2D eigenvalue weighted by Crippen LogP contribution is -2.28. The predicted molar refractivity (Wildman–Crippen MR) is 85.3 cm³/mol. The molecule has 1 aliphatic rings. The zero-order valence-corrected chi connectivity index (χ0v) is 13.2. The maximum absolute atomic E-state index is 10.0. The van der Waals surface area contributed by atoms with Crippen LogP contribution < -0.4 is 10.1 Å². The maximum atomic E-state index is 10.0. The Morgan fingerprint density at radius 3 is 2.81 bits per heavy atom. The van der Waals surface area contributed by atoms with E-state index >= 15 is 0 Å². The molecule has 0 aromatic heterocycles. The van der Waals surface area contributed by atoms with Gasteiger partial charge in [-0.2, -0.15) is 0 Å². The number of ether oxygens (including phenoxy) is 2. The first-order chi connectivity index (χ1) is 10.2. The molecule has 118 valence electrons. The summed E-state index contributed by atoms with van der Waals surface area (Å²) in [6, 6.07) is 5.36. The van der Waals surface area contributed by atoms with E-state index in [1.165, 1.54) is 19.3 Å². The number of anilines is 1. The fraction of sp³-hybridized carbons (Fsp3) is 0.625. The monoisotopic (exact) mass is 313 g/mol. The molecule has 1 saturated carbocycles. The normalized spacial score (nSPS) is 17.5. The molecular formula is C16H24ClNO3. The van der Waals surface area contributed by atoms with Crippen molar-refractivity contribution in [3.8, 4) is 5.75 Å². The average Bonchev–Trinajstić information content (AvgIpc) is 2.52. The summed E-state index contributed by atoms with van der Waals surface area (Å²) >= 11 is 5.97. The van der Waals surface area contributed by atoms with E-state index < -0.39 is 6.10 Å². The van der Waals surface area contributed by atoms with E-state index in [4.69, 9.17) is 21.1 Å². The fourth-order valence-corrected chi connectivity index (χ4v) is 2.76. The molecule has 1 fully saturated rings. The van der Waals surface area contributed by atoms with Gasteiger partial charge in [0, 0.05) is 11.6 Å². The molecule has 0 bridgehead atoms. The third-order valence-electron chi connectivity index (χ3n) is 3.77. The Labute approximate surface area is 131 Å². The van der Waals surface area contributed by atoms with E-state index in [1.54, 1.807) is 25.3 Å². The standard InChI is InChI=1S/C16H24ClNO3/c1-20-16-8-7-12(17)9-15(16)18-10-13(19)11-21-14-5-3-2-4-6-14/h7-9,13-14,18-19H,2-6,10-11H2,1H3. The highest BCUT2D eigenvalue weighted by Crippen LogP contribution is 2.27. The van der Waals surface area contributed by atoms with Gasteiger partial charge in [0.2, 0.25) is 0 Å². The third kappa shape index (κ3) is 5.38. The van der Waals surface area contributed by atoms with Gasteiger partial charge in [-0.3, -0.25) is 0 Å². The quantitative estimate of drug-likeness (QED) is 0.809. The summed E-state index contributed by atoms with van der Waals surface area (Å²) in [5.74, 6) is 0.708. The molecule has 0 heterocycles. The van der Waals surface area contributed by atoms with Crippen molar-refractivity contribution >= 4 is 17.3 Å². The van der Waals surface area contributed by atoms with Gasteiger partial charge >= 0.3 is 0 Å². The largest absolute Gasteiger partial charge is 0.495 e. The molecule has 1 aliphatic carbocycles.